The van der Waals surface area contributed by atoms with Crippen molar-refractivity contribution in [1.82, 2.24) is 9.55 Å². The number of aromatic nitrogens is 2. The van der Waals surface area contributed by atoms with E-state index in [0.29, 0.717) is 11.8 Å². The topological polar surface area (TPSA) is 73.6 Å². The molecule has 0 aliphatic rings. The monoisotopic (exact) mass is 248 g/mol. The molecule has 0 amide bonds. The number of aromatic carboxylic acids is 1. The Hall–Kier alpha value is -2.50. The zero-order chi connectivity index (χ0) is 13.1. The molecule has 0 spiro atoms. The van der Waals surface area contributed by atoms with E-state index < -0.39 is 5.97 Å². The third kappa shape index (κ3) is 2.27. The summed E-state index contributed by atoms with van der Waals surface area (Å²) in [6.45, 7) is 0. The molecule has 6 nitrogen and oxygen atoms in total. The molecule has 94 valence electrons. The number of hydrogen-bond acceptors (Lipinski definition) is 4. The molecule has 0 unspecified atom stereocenters. The van der Waals surface area contributed by atoms with Crippen molar-refractivity contribution in [3.63, 3.8) is 0 Å². The Kier molecular flexibility index (Phi) is 3.18. The molecule has 0 aliphatic heterocycles. The Bertz CT molecular complexity index is 577. The van der Waals surface area contributed by atoms with Gasteiger partial charge in [0.25, 0.3) is 0 Å². The first-order chi connectivity index (χ1) is 8.61. The number of methoxy groups -OCH3 is 1. The van der Waals surface area contributed by atoms with Crippen molar-refractivity contribution in [3.8, 4) is 17.5 Å². The lowest BCUT2D eigenvalue weighted by atomic mass is 10.2. The molecule has 2 aromatic rings. The average Bonchev–Trinajstić information content (AvgIpc) is 2.75. The van der Waals surface area contributed by atoms with Crippen LogP contribution in [0, 0.1) is 0 Å². The van der Waals surface area contributed by atoms with E-state index in [4.69, 9.17) is 14.6 Å². The van der Waals surface area contributed by atoms with E-state index in [9.17, 15) is 4.79 Å². The number of carboxylic acid groups (broad SMARTS) is 1. The highest BCUT2D eigenvalue weighted by molar-refractivity contribution is 5.91. The van der Waals surface area contributed by atoms with Gasteiger partial charge in [0.1, 0.15) is 17.1 Å². The summed E-state index contributed by atoms with van der Waals surface area (Å²) >= 11 is 0. The highest BCUT2D eigenvalue weighted by Crippen LogP contribution is 2.27. The van der Waals surface area contributed by atoms with Crippen LogP contribution < -0.4 is 9.47 Å². The maximum absolute atomic E-state index is 11.1. The van der Waals surface area contributed by atoms with Gasteiger partial charge in [0.2, 0.25) is 0 Å². The number of imidazole rings is 1. The van der Waals surface area contributed by atoms with E-state index >= 15 is 0 Å². The molecule has 1 aromatic heterocycles. The van der Waals surface area contributed by atoms with Gasteiger partial charge in [0, 0.05) is 19.4 Å². The van der Waals surface area contributed by atoms with Crippen molar-refractivity contribution in [2.45, 2.75) is 0 Å². The molecule has 0 saturated carbocycles. The standard InChI is InChI=1S/C12H12N2O4/c1-14-6-5-13-12(14)18-10-4-3-8(17-2)7-9(10)11(15)16/h3-7H,1-2H3,(H,15,16). The van der Waals surface area contributed by atoms with Crippen LogP contribution in [0.5, 0.6) is 17.5 Å². The largest absolute Gasteiger partial charge is 0.497 e. The molecule has 2 rings (SSSR count). The van der Waals surface area contributed by atoms with Gasteiger partial charge in [-0.3, -0.25) is 0 Å². The van der Waals surface area contributed by atoms with Crippen LogP contribution in [0.4, 0.5) is 0 Å². The lowest BCUT2D eigenvalue weighted by Gasteiger charge is -2.09. The summed E-state index contributed by atoms with van der Waals surface area (Å²) in [5, 5.41) is 9.12. The molecular formula is C12H12N2O4. The second-order valence-electron chi connectivity index (χ2n) is 3.59. The highest BCUT2D eigenvalue weighted by atomic mass is 16.5. The summed E-state index contributed by atoms with van der Waals surface area (Å²) in [6.07, 6.45) is 3.28. The van der Waals surface area contributed by atoms with E-state index in [1.807, 2.05) is 0 Å². The summed E-state index contributed by atoms with van der Waals surface area (Å²) in [7, 11) is 3.23. The van der Waals surface area contributed by atoms with E-state index in [0.717, 1.165) is 0 Å². The zero-order valence-corrected chi connectivity index (χ0v) is 9.95. The third-order valence-electron chi connectivity index (χ3n) is 2.40. The van der Waals surface area contributed by atoms with Gasteiger partial charge in [0.05, 0.1) is 7.11 Å². The van der Waals surface area contributed by atoms with Crippen molar-refractivity contribution in [2.75, 3.05) is 7.11 Å². The van der Waals surface area contributed by atoms with Crippen molar-refractivity contribution in [1.29, 1.82) is 0 Å². The Morgan fingerprint density at radius 3 is 2.78 bits per heavy atom. The third-order valence-corrected chi connectivity index (χ3v) is 2.40. The molecule has 18 heavy (non-hydrogen) atoms. The minimum Gasteiger partial charge on any atom is -0.497 e. The first kappa shape index (κ1) is 12.0. The fourth-order valence-electron chi connectivity index (χ4n) is 1.44. The summed E-state index contributed by atoms with van der Waals surface area (Å²) < 4.78 is 12.1. The molecule has 0 radical (unpaired) electrons. The van der Waals surface area contributed by atoms with E-state index in [1.165, 1.54) is 19.2 Å². The minimum absolute atomic E-state index is 0.0253. The van der Waals surface area contributed by atoms with Crippen molar-refractivity contribution in [2.24, 2.45) is 7.05 Å². The number of hydrogen-bond donors (Lipinski definition) is 1. The number of nitrogens with zero attached hydrogens (tertiary/aromatic N) is 2. The van der Waals surface area contributed by atoms with Crippen molar-refractivity contribution in [3.05, 3.63) is 36.2 Å². The van der Waals surface area contributed by atoms with Crippen molar-refractivity contribution < 1.29 is 19.4 Å². The first-order valence-electron chi connectivity index (χ1n) is 5.18. The molecule has 1 aromatic carbocycles. The van der Waals surface area contributed by atoms with Gasteiger partial charge in [-0.25, -0.2) is 9.78 Å². The zero-order valence-electron chi connectivity index (χ0n) is 9.95. The average molecular weight is 248 g/mol. The molecule has 6 heteroatoms. The Morgan fingerprint density at radius 2 is 2.22 bits per heavy atom. The maximum Gasteiger partial charge on any atom is 0.339 e. The van der Waals surface area contributed by atoms with Crippen LogP contribution in [0.2, 0.25) is 0 Å². The van der Waals surface area contributed by atoms with E-state index in [1.54, 1.807) is 30.1 Å². The van der Waals surface area contributed by atoms with Crippen LogP contribution in [0.3, 0.4) is 0 Å². The van der Waals surface area contributed by atoms with Crippen LogP contribution in [-0.2, 0) is 7.05 Å². The SMILES string of the molecule is COc1ccc(Oc2nccn2C)c(C(=O)O)c1. The number of carboxylic acids is 1. The minimum atomic E-state index is -1.09. The highest BCUT2D eigenvalue weighted by Gasteiger charge is 2.14. The Morgan fingerprint density at radius 1 is 1.44 bits per heavy atom. The lowest BCUT2D eigenvalue weighted by Crippen LogP contribution is -2.02. The maximum atomic E-state index is 11.1. The molecule has 0 bridgehead atoms. The number of rotatable bonds is 4. The fraction of sp³-hybridized carbons (Fsp3) is 0.167. The number of aryl methyl sites for hydroxylation is 1. The van der Waals surface area contributed by atoms with Gasteiger partial charge in [-0.2, -0.15) is 0 Å². The van der Waals surface area contributed by atoms with Gasteiger partial charge in [-0.15, -0.1) is 0 Å². The summed E-state index contributed by atoms with van der Waals surface area (Å²) in [6, 6.07) is 4.89. The van der Waals surface area contributed by atoms with Crippen LogP contribution in [-0.4, -0.2) is 27.7 Å². The van der Waals surface area contributed by atoms with E-state index in [-0.39, 0.29) is 11.3 Å². The van der Waals surface area contributed by atoms with Crippen molar-refractivity contribution >= 4 is 5.97 Å². The fourth-order valence-corrected chi connectivity index (χ4v) is 1.44. The van der Waals surface area contributed by atoms with Gasteiger partial charge in [-0.05, 0) is 18.2 Å². The number of benzene rings is 1. The van der Waals surface area contributed by atoms with Gasteiger partial charge in [0.15, 0.2) is 0 Å². The smallest absolute Gasteiger partial charge is 0.339 e. The quantitative estimate of drug-likeness (QED) is 0.894. The molecule has 0 saturated heterocycles. The molecular weight excluding hydrogens is 236 g/mol. The lowest BCUT2D eigenvalue weighted by molar-refractivity contribution is 0.0693. The van der Waals surface area contributed by atoms with Gasteiger partial charge in [-0.1, -0.05) is 0 Å². The molecule has 1 heterocycles. The predicted octanol–water partition coefficient (Wildman–Crippen LogP) is 1.92. The van der Waals surface area contributed by atoms with Gasteiger partial charge < -0.3 is 19.1 Å². The predicted molar refractivity (Wildman–Crippen MR) is 63.2 cm³/mol. The van der Waals surface area contributed by atoms with Gasteiger partial charge >= 0.3 is 12.0 Å². The van der Waals surface area contributed by atoms with Crippen LogP contribution >= 0.6 is 0 Å². The Balaban J connectivity index is 2.38. The van der Waals surface area contributed by atoms with Crippen LogP contribution in [0.1, 0.15) is 10.4 Å². The Labute approximate surface area is 103 Å². The molecule has 1 N–H and O–H groups in total. The second kappa shape index (κ2) is 4.79. The summed E-state index contributed by atoms with van der Waals surface area (Å²) in [4.78, 5) is 15.1. The van der Waals surface area contributed by atoms with E-state index in [2.05, 4.69) is 4.98 Å². The molecule has 0 fully saturated rings. The first-order valence-corrected chi connectivity index (χ1v) is 5.18. The summed E-state index contributed by atoms with van der Waals surface area (Å²) in [5.41, 5.74) is 0.0253. The molecule has 0 aliphatic carbocycles. The second-order valence-corrected chi connectivity index (χ2v) is 3.59. The molecule has 0 atom stereocenters. The number of ether oxygens (including phenoxy) is 2. The summed E-state index contributed by atoms with van der Waals surface area (Å²) in [5.74, 6) is -0.407. The normalized spacial score (nSPS) is 10.1. The number of carbonyl (C=O) groups is 1. The van der Waals surface area contributed by atoms with Crippen LogP contribution in [0.15, 0.2) is 30.6 Å². The van der Waals surface area contributed by atoms with Crippen LogP contribution in [0.25, 0.3) is 0 Å².